The first-order valence-electron chi connectivity index (χ1n) is 8.58. The molecule has 0 spiro atoms. The second-order valence-corrected chi connectivity index (χ2v) is 5.87. The number of H-pyrrole nitrogens is 1. The van der Waals surface area contributed by atoms with Crippen LogP contribution in [0.2, 0.25) is 0 Å². The SMILES string of the molecule is CCCN(CCC)Cc1ccccc1-c1nc(CC)cc(=O)[nH]1. The number of aromatic amines is 1. The normalized spacial score (nSPS) is 11.1. The van der Waals surface area contributed by atoms with Crippen LogP contribution in [-0.2, 0) is 13.0 Å². The molecule has 0 radical (unpaired) electrons. The topological polar surface area (TPSA) is 49.0 Å². The number of nitrogens with zero attached hydrogens (tertiary/aromatic N) is 2. The van der Waals surface area contributed by atoms with Gasteiger partial charge >= 0.3 is 0 Å². The number of nitrogens with one attached hydrogen (secondary N) is 1. The molecule has 1 N–H and O–H groups in total. The smallest absolute Gasteiger partial charge is 0.251 e. The molecule has 1 aromatic heterocycles. The molecule has 1 aromatic carbocycles. The molecule has 0 amide bonds. The average Bonchev–Trinajstić information content (AvgIpc) is 2.55. The summed E-state index contributed by atoms with van der Waals surface area (Å²) in [6.45, 7) is 9.48. The molecule has 2 aromatic rings. The number of rotatable bonds is 8. The zero-order valence-corrected chi connectivity index (χ0v) is 14.4. The van der Waals surface area contributed by atoms with Crippen LogP contribution in [0.25, 0.3) is 11.4 Å². The van der Waals surface area contributed by atoms with Crippen LogP contribution in [0.5, 0.6) is 0 Å². The van der Waals surface area contributed by atoms with Gasteiger partial charge < -0.3 is 4.98 Å². The largest absolute Gasteiger partial charge is 0.307 e. The Bertz CT molecular complexity index is 672. The molecule has 2 rings (SSSR count). The summed E-state index contributed by atoms with van der Waals surface area (Å²) in [4.78, 5) is 21.8. The van der Waals surface area contributed by atoms with Crippen molar-refractivity contribution in [2.75, 3.05) is 13.1 Å². The summed E-state index contributed by atoms with van der Waals surface area (Å²) in [7, 11) is 0. The maximum Gasteiger partial charge on any atom is 0.251 e. The molecule has 0 aliphatic carbocycles. The Hall–Kier alpha value is -1.94. The number of aromatic nitrogens is 2. The maximum absolute atomic E-state index is 11.9. The molecular weight excluding hydrogens is 286 g/mol. The first-order chi connectivity index (χ1) is 11.2. The monoisotopic (exact) mass is 313 g/mol. The Kier molecular flexibility index (Phi) is 6.53. The maximum atomic E-state index is 11.9. The average molecular weight is 313 g/mol. The summed E-state index contributed by atoms with van der Waals surface area (Å²) in [5.74, 6) is 0.679. The number of aryl methyl sites for hydroxylation is 1. The van der Waals surface area contributed by atoms with E-state index < -0.39 is 0 Å². The lowest BCUT2D eigenvalue weighted by Gasteiger charge is -2.22. The van der Waals surface area contributed by atoms with E-state index in [1.54, 1.807) is 6.07 Å². The van der Waals surface area contributed by atoms with E-state index in [1.807, 2.05) is 19.1 Å². The van der Waals surface area contributed by atoms with Gasteiger partial charge in [-0.2, -0.15) is 0 Å². The molecule has 124 valence electrons. The van der Waals surface area contributed by atoms with Crippen molar-refractivity contribution in [2.24, 2.45) is 0 Å². The van der Waals surface area contributed by atoms with Crippen molar-refractivity contribution in [1.29, 1.82) is 0 Å². The van der Waals surface area contributed by atoms with Gasteiger partial charge in [-0.15, -0.1) is 0 Å². The van der Waals surface area contributed by atoms with Gasteiger partial charge in [-0.25, -0.2) is 4.98 Å². The van der Waals surface area contributed by atoms with Gasteiger partial charge in [-0.1, -0.05) is 45.0 Å². The van der Waals surface area contributed by atoms with E-state index in [0.29, 0.717) is 5.82 Å². The molecule has 0 saturated carbocycles. The molecule has 0 aliphatic rings. The van der Waals surface area contributed by atoms with Crippen LogP contribution in [0.4, 0.5) is 0 Å². The summed E-state index contributed by atoms with van der Waals surface area (Å²) >= 11 is 0. The third-order valence-electron chi connectivity index (χ3n) is 3.90. The highest BCUT2D eigenvalue weighted by atomic mass is 16.1. The van der Waals surface area contributed by atoms with E-state index >= 15 is 0 Å². The van der Waals surface area contributed by atoms with Crippen molar-refractivity contribution in [2.45, 2.75) is 46.6 Å². The fourth-order valence-electron chi connectivity index (χ4n) is 2.85. The minimum atomic E-state index is -0.0828. The Morgan fingerprint density at radius 3 is 2.43 bits per heavy atom. The van der Waals surface area contributed by atoms with Gasteiger partial charge in [-0.3, -0.25) is 9.69 Å². The van der Waals surface area contributed by atoms with Crippen LogP contribution in [0.3, 0.4) is 0 Å². The number of benzene rings is 1. The van der Waals surface area contributed by atoms with Crippen LogP contribution in [0, 0.1) is 0 Å². The van der Waals surface area contributed by atoms with Crippen molar-refractivity contribution >= 4 is 0 Å². The first-order valence-corrected chi connectivity index (χ1v) is 8.58. The highest BCUT2D eigenvalue weighted by Gasteiger charge is 2.11. The third-order valence-corrected chi connectivity index (χ3v) is 3.90. The predicted molar refractivity (Wildman–Crippen MR) is 95.5 cm³/mol. The highest BCUT2D eigenvalue weighted by molar-refractivity contribution is 5.60. The number of hydrogen-bond acceptors (Lipinski definition) is 3. The quantitative estimate of drug-likeness (QED) is 0.809. The molecule has 4 heteroatoms. The second kappa shape index (κ2) is 8.63. The fraction of sp³-hybridized carbons (Fsp3) is 0.474. The number of hydrogen-bond donors (Lipinski definition) is 1. The van der Waals surface area contributed by atoms with Crippen LogP contribution >= 0.6 is 0 Å². The molecule has 0 aliphatic heterocycles. The van der Waals surface area contributed by atoms with E-state index in [1.165, 1.54) is 5.56 Å². The lowest BCUT2D eigenvalue weighted by Crippen LogP contribution is -2.25. The van der Waals surface area contributed by atoms with Crippen LogP contribution in [-0.4, -0.2) is 28.0 Å². The van der Waals surface area contributed by atoms with Gasteiger partial charge in [0.15, 0.2) is 0 Å². The van der Waals surface area contributed by atoms with Crippen LogP contribution in [0.15, 0.2) is 35.1 Å². The van der Waals surface area contributed by atoms with E-state index in [2.05, 4.69) is 40.8 Å². The van der Waals surface area contributed by atoms with Gasteiger partial charge in [0.25, 0.3) is 5.56 Å². The molecule has 0 fully saturated rings. The molecule has 0 unspecified atom stereocenters. The molecule has 1 heterocycles. The van der Waals surface area contributed by atoms with Crippen molar-refractivity contribution in [3.63, 3.8) is 0 Å². The minimum absolute atomic E-state index is 0.0828. The van der Waals surface area contributed by atoms with Gasteiger partial charge in [-0.05, 0) is 37.9 Å². The molecule has 0 saturated heterocycles. The van der Waals surface area contributed by atoms with Crippen LogP contribution in [0.1, 0.15) is 44.9 Å². The highest BCUT2D eigenvalue weighted by Crippen LogP contribution is 2.21. The Labute approximate surface area is 138 Å². The van der Waals surface area contributed by atoms with Gasteiger partial charge in [0, 0.05) is 23.9 Å². The second-order valence-electron chi connectivity index (χ2n) is 5.87. The van der Waals surface area contributed by atoms with E-state index in [0.717, 1.165) is 50.2 Å². The van der Waals surface area contributed by atoms with E-state index in [4.69, 9.17) is 0 Å². The van der Waals surface area contributed by atoms with Gasteiger partial charge in [0.05, 0.1) is 0 Å². The zero-order chi connectivity index (χ0) is 16.7. The molecular formula is C19H27N3O. The van der Waals surface area contributed by atoms with Crippen molar-refractivity contribution in [3.8, 4) is 11.4 Å². The standard InChI is InChI=1S/C19H27N3O/c1-4-11-22(12-5-2)14-15-9-7-8-10-17(15)19-20-16(6-3)13-18(23)21-19/h7-10,13H,4-6,11-12,14H2,1-3H3,(H,20,21,23). The van der Waals surface area contributed by atoms with E-state index in [-0.39, 0.29) is 5.56 Å². The van der Waals surface area contributed by atoms with Crippen molar-refractivity contribution in [3.05, 3.63) is 51.9 Å². The minimum Gasteiger partial charge on any atom is -0.307 e. The molecule has 4 nitrogen and oxygen atoms in total. The predicted octanol–water partition coefficient (Wildman–Crippen LogP) is 3.62. The van der Waals surface area contributed by atoms with Crippen molar-refractivity contribution < 1.29 is 0 Å². The van der Waals surface area contributed by atoms with Crippen molar-refractivity contribution in [1.82, 2.24) is 14.9 Å². The summed E-state index contributed by atoms with van der Waals surface area (Å²) in [6, 6.07) is 9.81. The summed E-state index contributed by atoms with van der Waals surface area (Å²) in [6.07, 6.45) is 3.04. The molecule has 0 atom stereocenters. The zero-order valence-electron chi connectivity index (χ0n) is 14.4. The third kappa shape index (κ3) is 4.76. The fourth-order valence-corrected chi connectivity index (χ4v) is 2.85. The molecule has 23 heavy (non-hydrogen) atoms. The molecule has 0 bridgehead atoms. The van der Waals surface area contributed by atoms with Gasteiger partial charge in [0.2, 0.25) is 0 Å². The van der Waals surface area contributed by atoms with E-state index in [9.17, 15) is 4.79 Å². The summed E-state index contributed by atoms with van der Waals surface area (Å²) in [5, 5.41) is 0. The lowest BCUT2D eigenvalue weighted by molar-refractivity contribution is 0.267. The summed E-state index contributed by atoms with van der Waals surface area (Å²) in [5.41, 5.74) is 2.99. The lowest BCUT2D eigenvalue weighted by atomic mass is 10.1. The first kappa shape index (κ1) is 17.4. The Balaban J connectivity index is 2.37. The van der Waals surface area contributed by atoms with Gasteiger partial charge in [0.1, 0.15) is 5.82 Å². The summed E-state index contributed by atoms with van der Waals surface area (Å²) < 4.78 is 0. The Morgan fingerprint density at radius 1 is 1.09 bits per heavy atom. The van der Waals surface area contributed by atoms with Crippen LogP contribution < -0.4 is 5.56 Å². The Morgan fingerprint density at radius 2 is 1.78 bits per heavy atom.